The summed E-state index contributed by atoms with van der Waals surface area (Å²) < 4.78 is 0. The standard InChI is InChI=1S/C18H23NO2/c1-11-5-6-12(2)18(21)16(11)10-19-9-15-7-14(4)17(20)8-13(15)3/h5-8,19-21H,9-10H2,1-4H3. The molecule has 2 aromatic rings. The van der Waals surface area contributed by atoms with Gasteiger partial charge in [0.05, 0.1) is 0 Å². The lowest BCUT2D eigenvalue weighted by molar-refractivity contribution is 0.459. The summed E-state index contributed by atoms with van der Waals surface area (Å²) in [5.41, 5.74) is 6.04. The van der Waals surface area contributed by atoms with Crippen LogP contribution in [0.15, 0.2) is 24.3 Å². The third-order valence-corrected chi connectivity index (χ3v) is 3.99. The maximum Gasteiger partial charge on any atom is 0.123 e. The lowest BCUT2D eigenvalue weighted by Crippen LogP contribution is -2.14. The molecule has 0 bridgehead atoms. The van der Waals surface area contributed by atoms with Crippen LogP contribution in [-0.2, 0) is 13.1 Å². The van der Waals surface area contributed by atoms with Gasteiger partial charge < -0.3 is 15.5 Å². The maximum absolute atomic E-state index is 10.1. The highest BCUT2D eigenvalue weighted by Crippen LogP contribution is 2.25. The molecule has 3 N–H and O–H groups in total. The molecule has 0 fully saturated rings. The van der Waals surface area contributed by atoms with Gasteiger partial charge in [0.2, 0.25) is 0 Å². The summed E-state index contributed by atoms with van der Waals surface area (Å²) in [4.78, 5) is 0. The van der Waals surface area contributed by atoms with E-state index in [9.17, 15) is 10.2 Å². The van der Waals surface area contributed by atoms with Crippen molar-refractivity contribution in [1.82, 2.24) is 5.32 Å². The molecule has 112 valence electrons. The van der Waals surface area contributed by atoms with Gasteiger partial charge in [-0.3, -0.25) is 0 Å². The van der Waals surface area contributed by atoms with E-state index >= 15 is 0 Å². The summed E-state index contributed by atoms with van der Waals surface area (Å²) in [6, 6.07) is 7.76. The highest BCUT2D eigenvalue weighted by atomic mass is 16.3. The van der Waals surface area contributed by atoms with E-state index in [0.717, 1.165) is 33.4 Å². The molecule has 2 rings (SSSR count). The molecular formula is C18H23NO2. The van der Waals surface area contributed by atoms with E-state index in [-0.39, 0.29) is 0 Å². The van der Waals surface area contributed by atoms with Crippen LogP contribution in [0.3, 0.4) is 0 Å². The van der Waals surface area contributed by atoms with E-state index in [1.54, 1.807) is 6.07 Å². The SMILES string of the molecule is Cc1cc(CNCc2c(C)ccc(C)c2O)c(C)cc1O. The Labute approximate surface area is 126 Å². The van der Waals surface area contributed by atoms with Gasteiger partial charge in [0.25, 0.3) is 0 Å². The van der Waals surface area contributed by atoms with Crippen LogP contribution in [0.2, 0.25) is 0 Å². The lowest BCUT2D eigenvalue weighted by Gasteiger charge is -2.13. The van der Waals surface area contributed by atoms with Crippen molar-refractivity contribution in [1.29, 1.82) is 0 Å². The van der Waals surface area contributed by atoms with Crippen molar-refractivity contribution in [3.05, 3.63) is 57.6 Å². The number of phenols is 2. The highest BCUT2D eigenvalue weighted by Gasteiger charge is 2.08. The minimum absolute atomic E-state index is 0.337. The first kappa shape index (κ1) is 15.4. The number of aromatic hydroxyl groups is 2. The third kappa shape index (κ3) is 3.37. The number of hydrogen-bond donors (Lipinski definition) is 3. The minimum atomic E-state index is 0.337. The molecule has 0 aliphatic carbocycles. The van der Waals surface area contributed by atoms with Gasteiger partial charge in [-0.25, -0.2) is 0 Å². The lowest BCUT2D eigenvalue weighted by atomic mass is 10.0. The summed E-state index contributed by atoms with van der Waals surface area (Å²) in [5.74, 6) is 0.713. The zero-order chi connectivity index (χ0) is 15.6. The zero-order valence-corrected chi connectivity index (χ0v) is 13.1. The Morgan fingerprint density at radius 1 is 0.810 bits per heavy atom. The molecule has 0 spiro atoms. The van der Waals surface area contributed by atoms with Gasteiger partial charge in [-0.2, -0.15) is 0 Å². The van der Waals surface area contributed by atoms with E-state index in [1.807, 2.05) is 45.9 Å². The summed E-state index contributed by atoms with van der Waals surface area (Å²) in [7, 11) is 0. The highest BCUT2D eigenvalue weighted by molar-refractivity contribution is 5.44. The fourth-order valence-electron chi connectivity index (χ4n) is 2.45. The van der Waals surface area contributed by atoms with Crippen LogP contribution < -0.4 is 5.32 Å². The number of aryl methyl sites for hydroxylation is 4. The molecule has 0 atom stereocenters. The Hall–Kier alpha value is -2.00. The van der Waals surface area contributed by atoms with Crippen LogP contribution in [0.4, 0.5) is 0 Å². The molecule has 0 heterocycles. The molecule has 0 aliphatic heterocycles. The quantitative estimate of drug-likeness (QED) is 0.804. The van der Waals surface area contributed by atoms with E-state index in [1.165, 1.54) is 0 Å². The second-order valence-corrected chi connectivity index (χ2v) is 5.70. The minimum Gasteiger partial charge on any atom is -0.508 e. The fraction of sp³-hybridized carbons (Fsp3) is 0.333. The van der Waals surface area contributed by atoms with Crippen molar-refractivity contribution in [2.45, 2.75) is 40.8 Å². The van der Waals surface area contributed by atoms with Gasteiger partial charge in [0, 0.05) is 18.7 Å². The third-order valence-electron chi connectivity index (χ3n) is 3.99. The van der Waals surface area contributed by atoms with E-state index in [2.05, 4.69) is 5.32 Å². The number of phenolic OH excluding ortho intramolecular Hbond substituents is 2. The van der Waals surface area contributed by atoms with Gasteiger partial charge in [0.1, 0.15) is 11.5 Å². The normalized spacial score (nSPS) is 10.9. The summed E-state index contributed by atoms with van der Waals surface area (Å²) in [5, 5.41) is 23.2. The van der Waals surface area contributed by atoms with Crippen LogP contribution in [-0.4, -0.2) is 10.2 Å². The average Bonchev–Trinajstić information content (AvgIpc) is 2.43. The van der Waals surface area contributed by atoms with Crippen molar-refractivity contribution >= 4 is 0 Å². The largest absolute Gasteiger partial charge is 0.508 e. The van der Waals surface area contributed by atoms with Gasteiger partial charge in [-0.15, -0.1) is 0 Å². The molecule has 0 saturated heterocycles. The summed E-state index contributed by atoms with van der Waals surface area (Å²) >= 11 is 0. The molecule has 3 heteroatoms. The van der Waals surface area contributed by atoms with Crippen molar-refractivity contribution < 1.29 is 10.2 Å². The first-order chi connectivity index (χ1) is 9.90. The van der Waals surface area contributed by atoms with Crippen LogP contribution in [0.5, 0.6) is 11.5 Å². The molecule has 0 amide bonds. The molecule has 3 nitrogen and oxygen atoms in total. The fourth-order valence-corrected chi connectivity index (χ4v) is 2.45. The van der Waals surface area contributed by atoms with Crippen molar-refractivity contribution in [2.24, 2.45) is 0 Å². The molecule has 21 heavy (non-hydrogen) atoms. The maximum atomic E-state index is 10.1. The number of rotatable bonds is 4. The van der Waals surface area contributed by atoms with Crippen molar-refractivity contribution in [2.75, 3.05) is 0 Å². The van der Waals surface area contributed by atoms with Crippen LogP contribution in [0.1, 0.15) is 33.4 Å². The van der Waals surface area contributed by atoms with Crippen LogP contribution >= 0.6 is 0 Å². The Balaban J connectivity index is 2.09. The first-order valence-corrected chi connectivity index (χ1v) is 7.18. The summed E-state index contributed by atoms with van der Waals surface area (Å²) in [6.45, 7) is 9.14. The molecular weight excluding hydrogens is 262 g/mol. The van der Waals surface area contributed by atoms with E-state index in [4.69, 9.17) is 0 Å². The van der Waals surface area contributed by atoms with Gasteiger partial charge in [-0.1, -0.05) is 18.2 Å². The Bertz CT molecular complexity index is 663. The van der Waals surface area contributed by atoms with Crippen LogP contribution in [0, 0.1) is 27.7 Å². The molecule has 0 radical (unpaired) electrons. The van der Waals surface area contributed by atoms with Gasteiger partial charge in [-0.05, 0) is 61.6 Å². The van der Waals surface area contributed by atoms with E-state index in [0.29, 0.717) is 24.6 Å². The topological polar surface area (TPSA) is 52.5 Å². The number of nitrogens with one attached hydrogen (secondary N) is 1. The van der Waals surface area contributed by atoms with Crippen molar-refractivity contribution in [3.8, 4) is 11.5 Å². The van der Waals surface area contributed by atoms with Crippen LogP contribution in [0.25, 0.3) is 0 Å². The molecule has 0 aromatic heterocycles. The number of hydrogen-bond acceptors (Lipinski definition) is 3. The van der Waals surface area contributed by atoms with Gasteiger partial charge >= 0.3 is 0 Å². The Kier molecular flexibility index (Phi) is 4.53. The Morgan fingerprint density at radius 2 is 1.48 bits per heavy atom. The van der Waals surface area contributed by atoms with Gasteiger partial charge in [0.15, 0.2) is 0 Å². The first-order valence-electron chi connectivity index (χ1n) is 7.18. The van der Waals surface area contributed by atoms with E-state index < -0.39 is 0 Å². The predicted octanol–water partition coefficient (Wildman–Crippen LogP) is 3.62. The molecule has 0 aliphatic rings. The predicted molar refractivity (Wildman–Crippen MR) is 85.7 cm³/mol. The Morgan fingerprint density at radius 3 is 2.19 bits per heavy atom. The average molecular weight is 285 g/mol. The second-order valence-electron chi connectivity index (χ2n) is 5.70. The molecule has 0 unspecified atom stereocenters. The monoisotopic (exact) mass is 285 g/mol. The van der Waals surface area contributed by atoms with Crippen molar-refractivity contribution in [3.63, 3.8) is 0 Å². The second kappa shape index (κ2) is 6.19. The molecule has 2 aromatic carbocycles. The molecule has 0 saturated carbocycles. The summed E-state index contributed by atoms with van der Waals surface area (Å²) in [6.07, 6.45) is 0. The smallest absolute Gasteiger partial charge is 0.123 e. The zero-order valence-electron chi connectivity index (χ0n) is 13.1. The number of benzene rings is 2.